The fourth-order valence-electron chi connectivity index (χ4n) is 2.93. The van der Waals surface area contributed by atoms with E-state index in [-0.39, 0.29) is 17.7 Å². The van der Waals surface area contributed by atoms with Gasteiger partial charge in [-0.2, -0.15) is 0 Å². The molecule has 1 aliphatic heterocycles. The molecule has 1 heterocycles. The number of amides is 2. The zero-order valence-corrected chi connectivity index (χ0v) is 12.4. The van der Waals surface area contributed by atoms with E-state index in [9.17, 15) is 9.59 Å². The molecule has 0 saturated carbocycles. The maximum atomic E-state index is 12.4. The lowest BCUT2D eigenvalue weighted by molar-refractivity contribution is -0.139. The lowest BCUT2D eigenvalue weighted by Crippen LogP contribution is -2.33. The summed E-state index contributed by atoms with van der Waals surface area (Å²) < 4.78 is 0. The number of carbonyl (C=O) groups excluding carboxylic acids is 2. The second-order valence-electron chi connectivity index (χ2n) is 5.71. The smallest absolute Gasteiger partial charge is 0.233 e. The minimum absolute atomic E-state index is 0.0233. The van der Waals surface area contributed by atoms with Crippen molar-refractivity contribution >= 4 is 11.8 Å². The van der Waals surface area contributed by atoms with E-state index in [4.69, 9.17) is 0 Å². The molecule has 3 heteroatoms. The molecule has 1 atom stereocenters. The Morgan fingerprint density at radius 1 is 0.864 bits per heavy atom. The van der Waals surface area contributed by atoms with Gasteiger partial charge in [-0.1, -0.05) is 60.7 Å². The highest BCUT2D eigenvalue weighted by molar-refractivity contribution is 6.03. The van der Waals surface area contributed by atoms with Gasteiger partial charge in [0.15, 0.2) is 0 Å². The Balaban J connectivity index is 1.62. The molecule has 0 aliphatic carbocycles. The van der Waals surface area contributed by atoms with Gasteiger partial charge < -0.3 is 0 Å². The van der Waals surface area contributed by atoms with Crippen molar-refractivity contribution in [3.05, 3.63) is 71.8 Å². The van der Waals surface area contributed by atoms with Crippen molar-refractivity contribution in [1.82, 2.24) is 4.90 Å². The first-order valence-corrected chi connectivity index (χ1v) is 7.66. The van der Waals surface area contributed by atoms with Crippen LogP contribution in [0, 0.1) is 5.92 Å². The van der Waals surface area contributed by atoms with Crippen molar-refractivity contribution in [3.8, 4) is 0 Å². The molecule has 1 saturated heterocycles. The lowest BCUT2D eigenvalue weighted by atomic mass is 9.98. The third-order valence-electron chi connectivity index (χ3n) is 4.13. The summed E-state index contributed by atoms with van der Waals surface area (Å²) in [6.45, 7) is 0.479. The first-order valence-electron chi connectivity index (χ1n) is 7.66. The van der Waals surface area contributed by atoms with Crippen LogP contribution < -0.4 is 0 Å². The van der Waals surface area contributed by atoms with E-state index < -0.39 is 0 Å². The molecule has 112 valence electrons. The molecular formula is C19H19NO2. The van der Waals surface area contributed by atoms with Crippen LogP contribution in [0.15, 0.2) is 60.7 Å². The van der Waals surface area contributed by atoms with Crippen LogP contribution >= 0.6 is 0 Å². The predicted octanol–water partition coefficient (Wildman–Crippen LogP) is 2.85. The van der Waals surface area contributed by atoms with E-state index in [2.05, 4.69) is 0 Å². The normalized spacial score (nSPS) is 18.0. The van der Waals surface area contributed by atoms with Gasteiger partial charge in [-0.25, -0.2) is 0 Å². The summed E-state index contributed by atoms with van der Waals surface area (Å²) in [7, 11) is 0. The van der Waals surface area contributed by atoms with Crippen LogP contribution in [0.25, 0.3) is 0 Å². The van der Waals surface area contributed by atoms with Gasteiger partial charge in [-0.05, 0) is 24.0 Å². The molecular weight excluding hydrogens is 274 g/mol. The number of rotatable bonds is 5. The van der Waals surface area contributed by atoms with Crippen LogP contribution in [0.4, 0.5) is 0 Å². The minimum atomic E-state index is -0.203. The molecule has 2 aromatic carbocycles. The van der Waals surface area contributed by atoms with Crippen LogP contribution in [0.5, 0.6) is 0 Å². The number of carbonyl (C=O) groups is 2. The van der Waals surface area contributed by atoms with E-state index in [0.717, 1.165) is 17.5 Å². The standard InChI is InChI=1S/C19H19NO2/c21-18-14-17(13-16-9-5-2-6-10-16)19(22)20(18)12-11-15-7-3-1-4-8-15/h1-10,17H,11-14H2. The Hall–Kier alpha value is -2.42. The summed E-state index contributed by atoms with van der Waals surface area (Å²) in [6.07, 6.45) is 1.70. The summed E-state index contributed by atoms with van der Waals surface area (Å²) in [5.74, 6) is -0.266. The Kier molecular flexibility index (Phi) is 4.33. The first kappa shape index (κ1) is 14.5. The molecule has 1 aliphatic rings. The van der Waals surface area contributed by atoms with Crippen LogP contribution in [-0.2, 0) is 22.4 Å². The second kappa shape index (κ2) is 6.56. The van der Waals surface area contributed by atoms with Gasteiger partial charge >= 0.3 is 0 Å². The zero-order valence-electron chi connectivity index (χ0n) is 12.4. The average molecular weight is 293 g/mol. The highest BCUT2D eigenvalue weighted by Crippen LogP contribution is 2.23. The minimum Gasteiger partial charge on any atom is -0.282 e. The molecule has 1 unspecified atom stereocenters. The highest BCUT2D eigenvalue weighted by Gasteiger charge is 2.37. The van der Waals surface area contributed by atoms with Crippen LogP contribution in [0.2, 0.25) is 0 Å². The zero-order chi connectivity index (χ0) is 15.4. The highest BCUT2D eigenvalue weighted by atomic mass is 16.2. The number of likely N-dealkylation sites (tertiary alicyclic amines) is 1. The van der Waals surface area contributed by atoms with Crippen molar-refractivity contribution < 1.29 is 9.59 Å². The SMILES string of the molecule is O=C1CC(Cc2ccccc2)C(=O)N1CCc1ccccc1. The van der Waals surface area contributed by atoms with Gasteiger partial charge in [0.2, 0.25) is 11.8 Å². The topological polar surface area (TPSA) is 37.4 Å². The van der Waals surface area contributed by atoms with Crippen LogP contribution in [-0.4, -0.2) is 23.3 Å². The van der Waals surface area contributed by atoms with E-state index in [0.29, 0.717) is 19.4 Å². The Morgan fingerprint density at radius 2 is 1.45 bits per heavy atom. The number of benzene rings is 2. The molecule has 0 spiro atoms. The van der Waals surface area contributed by atoms with Crippen molar-refractivity contribution in [1.29, 1.82) is 0 Å². The van der Waals surface area contributed by atoms with Gasteiger partial charge in [0.25, 0.3) is 0 Å². The summed E-state index contributed by atoms with van der Waals surface area (Å²) in [6, 6.07) is 19.8. The molecule has 0 bridgehead atoms. The predicted molar refractivity (Wildman–Crippen MR) is 85.1 cm³/mol. The van der Waals surface area contributed by atoms with Crippen molar-refractivity contribution in [2.24, 2.45) is 5.92 Å². The molecule has 2 aromatic rings. The van der Waals surface area contributed by atoms with Crippen molar-refractivity contribution in [2.45, 2.75) is 19.3 Å². The maximum absolute atomic E-state index is 12.4. The summed E-state index contributed by atoms with van der Waals surface area (Å²) in [5, 5.41) is 0. The number of imide groups is 1. The quantitative estimate of drug-likeness (QED) is 0.795. The van der Waals surface area contributed by atoms with Crippen molar-refractivity contribution in [3.63, 3.8) is 0 Å². The first-order chi connectivity index (χ1) is 10.7. The number of nitrogens with zero attached hydrogens (tertiary/aromatic N) is 1. The molecule has 0 N–H and O–H groups in total. The van der Waals surface area contributed by atoms with Gasteiger partial charge in [0, 0.05) is 13.0 Å². The molecule has 0 aromatic heterocycles. The van der Waals surface area contributed by atoms with E-state index in [1.807, 2.05) is 60.7 Å². The molecule has 3 rings (SSSR count). The molecule has 2 amide bonds. The Labute approximate surface area is 130 Å². The maximum Gasteiger partial charge on any atom is 0.233 e. The third-order valence-corrected chi connectivity index (χ3v) is 4.13. The lowest BCUT2D eigenvalue weighted by Gasteiger charge is -2.15. The fourth-order valence-corrected chi connectivity index (χ4v) is 2.93. The van der Waals surface area contributed by atoms with Gasteiger partial charge in [-0.3, -0.25) is 14.5 Å². The molecule has 3 nitrogen and oxygen atoms in total. The second-order valence-corrected chi connectivity index (χ2v) is 5.71. The molecule has 1 fully saturated rings. The van der Waals surface area contributed by atoms with E-state index in [1.54, 1.807) is 0 Å². The van der Waals surface area contributed by atoms with E-state index in [1.165, 1.54) is 4.90 Å². The fraction of sp³-hybridized carbons (Fsp3) is 0.263. The van der Waals surface area contributed by atoms with Gasteiger partial charge in [-0.15, -0.1) is 0 Å². The number of hydrogen-bond donors (Lipinski definition) is 0. The van der Waals surface area contributed by atoms with Gasteiger partial charge in [0.05, 0.1) is 5.92 Å². The van der Waals surface area contributed by atoms with Gasteiger partial charge in [0.1, 0.15) is 0 Å². The molecule has 22 heavy (non-hydrogen) atoms. The monoisotopic (exact) mass is 293 g/mol. The summed E-state index contributed by atoms with van der Waals surface area (Å²) in [5.41, 5.74) is 2.26. The molecule has 0 radical (unpaired) electrons. The van der Waals surface area contributed by atoms with Crippen LogP contribution in [0.1, 0.15) is 17.5 Å². The third kappa shape index (κ3) is 3.25. The van der Waals surface area contributed by atoms with Crippen LogP contribution in [0.3, 0.4) is 0 Å². The summed E-state index contributed by atoms with van der Waals surface area (Å²) >= 11 is 0. The Bertz CT molecular complexity index is 652. The average Bonchev–Trinajstić information content (AvgIpc) is 2.81. The van der Waals surface area contributed by atoms with Crippen molar-refractivity contribution in [2.75, 3.05) is 6.54 Å². The number of hydrogen-bond acceptors (Lipinski definition) is 2. The summed E-state index contributed by atoms with van der Waals surface area (Å²) in [4.78, 5) is 26.0. The Morgan fingerprint density at radius 3 is 2.09 bits per heavy atom. The largest absolute Gasteiger partial charge is 0.282 e. The van der Waals surface area contributed by atoms with E-state index >= 15 is 0 Å².